The maximum atomic E-state index is 6.07. The quantitative estimate of drug-likeness (QED) is 0.638. The minimum absolute atomic E-state index is 0.144. The Morgan fingerprint density at radius 2 is 2.13 bits per heavy atom. The van der Waals surface area contributed by atoms with Crippen LogP contribution >= 0.6 is 0 Å². The second kappa shape index (κ2) is 2.24. The fourth-order valence-electron chi connectivity index (χ4n) is 4.29. The Morgan fingerprint density at radius 1 is 1.27 bits per heavy atom. The van der Waals surface area contributed by atoms with Gasteiger partial charge in [-0.15, -0.1) is 0 Å². The monoisotopic (exact) mass is 202 g/mol. The van der Waals surface area contributed by atoms with Crippen LogP contribution in [0.25, 0.3) is 0 Å². The van der Waals surface area contributed by atoms with Crippen molar-refractivity contribution in [2.45, 2.75) is 51.6 Å². The van der Waals surface area contributed by atoms with E-state index in [1.54, 1.807) is 22.3 Å². The molecule has 0 aromatic rings. The van der Waals surface area contributed by atoms with E-state index < -0.39 is 0 Å². The van der Waals surface area contributed by atoms with Crippen LogP contribution in [0.15, 0.2) is 22.3 Å². The Hall–Kier alpha value is -0.560. The smallest absolute Gasteiger partial charge is 0.101 e. The summed E-state index contributed by atoms with van der Waals surface area (Å²) < 4.78 is 6.07. The van der Waals surface area contributed by atoms with Gasteiger partial charge < -0.3 is 4.74 Å². The van der Waals surface area contributed by atoms with Crippen molar-refractivity contribution in [3.05, 3.63) is 22.3 Å². The Balaban J connectivity index is 1.79. The van der Waals surface area contributed by atoms with Crippen LogP contribution in [0.5, 0.6) is 0 Å². The number of allylic oxidation sites excluding steroid dienone is 1. The van der Waals surface area contributed by atoms with E-state index in [9.17, 15) is 0 Å². The predicted molar refractivity (Wildman–Crippen MR) is 59.6 cm³/mol. The number of unbranched alkanes of at least 4 members (excludes halogenated alkanes) is 1. The maximum absolute atomic E-state index is 6.07. The standard InChI is InChI=1S/C14H18O/c1-3-4-5-14-11-7-9(11)6-10-8-15-13(14,2)12(10)14/h3-8H2,1-2H3/t13?,14-/m1/s1. The van der Waals surface area contributed by atoms with Crippen molar-refractivity contribution in [3.63, 3.8) is 0 Å². The van der Waals surface area contributed by atoms with E-state index in [1.165, 1.54) is 32.1 Å². The van der Waals surface area contributed by atoms with Crippen molar-refractivity contribution in [2.24, 2.45) is 5.41 Å². The highest BCUT2D eigenvalue weighted by Crippen LogP contribution is 2.80. The van der Waals surface area contributed by atoms with Gasteiger partial charge in [0.05, 0.1) is 6.61 Å². The van der Waals surface area contributed by atoms with Crippen LogP contribution in [0.4, 0.5) is 0 Å². The molecule has 1 heteroatoms. The summed E-state index contributed by atoms with van der Waals surface area (Å²) in [5.41, 5.74) is 7.45. The van der Waals surface area contributed by atoms with Gasteiger partial charge in [0, 0.05) is 5.41 Å². The van der Waals surface area contributed by atoms with Crippen LogP contribution in [0.1, 0.15) is 46.0 Å². The summed E-state index contributed by atoms with van der Waals surface area (Å²) in [5, 5.41) is 0. The van der Waals surface area contributed by atoms with E-state index in [0.29, 0.717) is 5.41 Å². The zero-order valence-electron chi connectivity index (χ0n) is 9.65. The third-order valence-electron chi connectivity index (χ3n) is 5.08. The zero-order valence-corrected chi connectivity index (χ0v) is 9.65. The molecule has 0 aromatic heterocycles. The lowest BCUT2D eigenvalue weighted by Crippen LogP contribution is -2.22. The Labute approximate surface area is 91.2 Å². The molecule has 0 bridgehead atoms. The molecule has 1 aliphatic heterocycles. The van der Waals surface area contributed by atoms with Crippen LogP contribution in [0.3, 0.4) is 0 Å². The normalized spacial score (nSPS) is 44.4. The van der Waals surface area contributed by atoms with Gasteiger partial charge in [-0.3, -0.25) is 0 Å². The second-order valence-corrected chi connectivity index (χ2v) is 5.75. The molecule has 4 aliphatic rings. The number of hydrogen-bond donors (Lipinski definition) is 0. The Morgan fingerprint density at radius 3 is 2.93 bits per heavy atom. The van der Waals surface area contributed by atoms with Gasteiger partial charge in [-0.2, -0.15) is 0 Å². The fraction of sp³-hybridized carbons (Fsp3) is 0.714. The molecule has 15 heavy (non-hydrogen) atoms. The summed E-state index contributed by atoms with van der Waals surface area (Å²) in [5.74, 6) is 0. The zero-order chi connectivity index (χ0) is 10.3. The first-order chi connectivity index (χ1) is 7.24. The van der Waals surface area contributed by atoms with Gasteiger partial charge in [0.25, 0.3) is 0 Å². The number of ether oxygens (including phenoxy) is 1. The molecule has 2 atom stereocenters. The molecule has 0 N–H and O–H groups in total. The van der Waals surface area contributed by atoms with E-state index >= 15 is 0 Å². The first-order valence-electron chi connectivity index (χ1n) is 6.32. The highest BCUT2D eigenvalue weighted by atomic mass is 16.5. The molecule has 1 fully saturated rings. The molecule has 1 saturated carbocycles. The Bertz CT molecular complexity index is 429. The van der Waals surface area contributed by atoms with E-state index in [4.69, 9.17) is 4.74 Å². The number of fused-ring (bicyclic) bond motifs is 2. The second-order valence-electron chi connectivity index (χ2n) is 5.75. The fourth-order valence-corrected chi connectivity index (χ4v) is 4.29. The highest BCUT2D eigenvalue weighted by Gasteiger charge is 2.78. The van der Waals surface area contributed by atoms with Crippen LogP contribution < -0.4 is 0 Å². The van der Waals surface area contributed by atoms with Gasteiger partial charge in [-0.25, -0.2) is 0 Å². The van der Waals surface area contributed by atoms with Crippen molar-refractivity contribution < 1.29 is 4.74 Å². The van der Waals surface area contributed by atoms with E-state index in [1.807, 2.05) is 0 Å². The molecular weight excluding hydrogens is 184 g/mol. The van der Waals surface area contributed by atoms with Crippen molar-refractivity contribution in [2.75, 3.05) is 6.61 Å². The minimum Gasteiger partial charge on any atom is -0.365 e. The van der Waals surface area contributed by atoms with Crippen molar-refractivity contribution >= 4 is 0 Å². The minimum atomic E-state index is 0.144. The first kappa shape index (κ1) is 8.58. The summed E-state index contributed by atoms with van der Waals surface area (Å²) in [6.45, 7) is 5.55. The van der Waals surface area contributed by atoms with E-state index in [2.05, 4.69) is 13.8 Å². The molecule has 0 saturated heterocycles. The number of hydrogen-bond acceptors (Lipinski definition) is 1. The molecule has 80 valence electrons. The molecule has 1 nitrogen and oxygen atoms in total. The van der Waals surface area contributed by atoms with Crippen LogP contribution in [0, 0.1) is 5.41 Å². The topological polar surface area (TPSA) is 9.23 Å². The molecule has 4 rings (SSSR count). The largest absolute Gasteiger partial charge is 0.365 e. The molecule has 0 aromatic carbocycles. The molecule has 3 aliphatic carbocycles. The average molecular weight is 202 g/mol. The molecule has 0 spiro atoms. The predicted octanol–water partition coefficient (Wildman–Crippen LogP) is 3.37. The molecule has 0 amide bonds. The molecule has 1 unspecified atom stereocenters. The van der Waals surface area contributed by atoms with Gasteiger partial charge in [0.1, 0.15) is 5.60 Å². The molecular formula is C14H18O. The van der Waals surface area contributed by atoms with Crippen molar-refractivity contribution in [3.8, 4) is 0 Å². The first-order valence-corrected chi connectivity index (χ1v) is 6.32. The van der Waals surface area contributed by atoms with Gasteiger partial charge in [0.15, 0.2) is 0 Å². The lowest BCUT2D eigenvalue weighted by molar-refractivity contribution is 0.0455. The van der Waals surface area contributed by atoms with Gasteiger partial charge in [-0.05, 0) is 37.3 Å². The lowest BCUT2D eigenvalue weighted by atomic mass is 9.88. The van der Waals surface area contributed by atoms with E-state index in [-0.39, 0.29) is 5.60 Å². The SMILES string of the molecule is CCCC[C@@]12C3=C(CC4=C1C2(C)OC4)C3. The van der Waals surface area contributed by atoms with Crippen LogP contribution in [-0.4, -0.2) is 12.2 Å². The van der Waals surface area contributed by atoms with Crippen molar-refractivity contribution in [1.29, 1.82) is 0 Å². The van der Waals surface area contributed by atoms with Gasteiger partial charge in [-0.1, -0.05) is 30.9 Å². The molecule has 1 heterocycles. The molecule has 0 radical (unpaired) electrons. The third-order valence-corrected chi connectivity index (χ3v) is 5.08. The van der Waals surface area contributed by atoms with E-state index in [0.717, 1.165) is 6.61 Å². The van der Waals surface area contributed by atoms with Gasteiger partial charge >= 0.3 is 0 Å². The average Bonchev–Trinajstić information content (AvgIpc) is 3.05. The van der Waals surface area contributed by atoms with Crippen molar-refractivity contribution in [1.82, 2.24) is 0 Å². The lowest BCUT2D eigenvalue weighted by Gasteiger charge is -2.23. The summed E-state index contributed by atoms with van der Waals surface area (Å²) in [6.07, 6.45) is 6.59. The van der Waals surface area contributed by atoms with Gasteiger partial charge in [0.2, 0.25) is 0 Å². The summed E-state index contributed by atoms with van der Waals surface area (Å²) in [6, 6.07) is 0. The van der Waals surface area contributed by atoms with Crippen LogP contribution in [-0.2, 0) is 4.74 Å². The third kappa shape index (κ3) is 0.720. The van der Waals surface area contributed by atoms with Crippen LogP contribution in [0.2, 0.25) is 0 Å². The Kier molecular flexibility index (Phi) is 1.28. The summed E-state index contributed by atoms with van der Waals surface area (Å²) >= 11 is 0. The number of rotatable bonds is 3. The highest BCUT2D eigenvalue weighted by molar-refractivity contribution is 5.71. The summed E-state index contributed by atoms with van der Waals surface area (Å²) in [7, 11) is 0. The maximum Gasteiger partial charge on any atom is 0.101 e. The summed E-state index contributed by atoms with van der Waals surface area (Å²) in [4.78, 5) is 0.